The maximum Gasteiger partial charge on any atom is 0.220 e. The third-order valence-electron chi connectivity index (χ3n) is 3.96. The lowest BCUT2D eigenvalue weighted by atomic mass is 9.81. The molecule has 100 valence electrons. The summed E-state index contributed by atoms with van der Waals surface area (Å²) < 4.78 is 0. The van der Waals surface area contributed by atoms with Crippen LogP contribution >= 0.6 is 0 Å². The third-order valence-corrected chi connectivity index (χ3v) is 3.96. The summed E-state index contributed by atoms with van der Waals surface area (Å²) in [4.78, 5) is 11.7. The second kappa shape index (κ2) is 7.00. The first-order chi connectivity index (χ1) is 8.02. The maximum absolute atomic E-state index is 11.7. The number of amides is 1. The summed E-state index contributed by atoms with van der Waals surface area (Å²) in [7, 11) is 0. The van der Waals surface area contributed by atoms with E-state index in [2.05, 4.69) is 26.1 Å². The Bertz CT molecular complexity index is 234. The molecule has 1 saturated carbocycles. The zero-order chi connectivity index (χ0) is 12.8. The van der Waals surface area contributed by atoms with E-state index in [4.69, 9.17) is 5.73 Å². The van der Waals surface area contributed by atoms with Gasteiger partial charge in [0.1, 0.15) is 0 Å². The molecule has 0 aromatic rings. The average Bonchev–Trinajstić information content (AvgIpc) is 2.21. The number of carbonyl (C=O) groups excluding carboxylic acids is 1. The molecule has 1 atom stereocenters. The van der Waals surface area contributed by atoms with E-state index < -0.39 is 0 Å². The predicted octanol–water partition coefficient (Wildman–Crippen LogP) is 2.30. The first-order valence-electron chi connectivity index (χ1n) is 7.02. The minimum Gasteiger partial charge on any atom is -0.353 e. The molecule has 1 aliphatic rings. The van der Waals surface area contributed by atoms with Crippen molar-refractivity contribution < 1.29 is 4.79 Å². The van der Waals surface area contributed by atoms with E-state index in [1.165, 1.54) is 0 Å². The first kappa shape index (κ1) is 14.5. The fourth-order valence-corrected chi connectivity index (χ4v) is 2.66. The summed E-state index contributed by atoms with van der Waals surface area (Å²) in [5.41, 5.74) is 5.60. The number of hydrogen-bond acceptors (Lipinski definition) is 2. The van der Waals surface area contributed by atoms with Gasteiger partial charge >= 0.3 is 0 Å². The minimum atomic E-state index is 0.226. The fraction of sp³-hybridized carbons (Fsp3) is 0.929. The Morgan fingerprint density at radius 3 is 2.47 bits per heavy atom. The first-order valence-corrected chi connectivity index (χ1v) is 7.02. The van der Waals surface area contributed by atoms with Gasteiger partial charge in [0.25, 0.3) is 0 Å². The summed E-state index contributed by atoms with van der Waals surface area (Å²) in [6.45, 7) is 7.39. The highest BCUT2D eigenvalue weighted by atomic mass is 16.1. The molecule has 0 spiro atoms. The fourth-order valence-electron chi connectivity index (χ4n) is 2.66. The van der Waals surface area contributed by atoms with Gasteiger partial charge in [0.15, 0.2) is 0 Å². The molecule has 17 heavy (non-hydrogen) atoms. The third kappa shape index (κ3) is 5.07. The van der Waals surface area contributed by atoms with Crippen molar-refractivity contribution >= 4 is 5.91 Å². The Labute approximate surface area is 106 Å². The Morgan fingerprint density at radius 1 is 1.35 bits per heavy atom. The van der Waals surface area contributed by atoms with Crippen LogP contribution in [-0.4, -0.2) is 18.5 Å². The van der Waals surface area contributed by atoms with Gasteiger partial charge in [-0.05, 0) is 50.0 Å². The van der Waals surface area contributed by atoms with Crippen LogP contribution in [0.3, 0.4) is 0 Å². The van der Waals surface area contributed by atoms with Crippen LogP contribution in [0.15, 0.2) is 0 Å². The molecule has 1 aliphatic carbocycles. The van der Waals surface area contributed by atoms with Crippen LogP contribution in [0.5, 0.6) is 0 Å². The van der Waals surface area contributed by atoms with Gasteiger partial charge in [-0.2, -0.15) is 0 Å². The van der Waals surface area contributed by atoms with Gasteiger partial charge in [-0.3, -0.25) is 4.79 Å². The van der Waals surface area contributed by atoms with Crippen LogP contribution in [-0.2, 0) is 4.79 Å². The van der Waals surface area contributed by atoms with E-state index in [1.54, 1.807) is 0 Å². The molecule has 0 aromatic heterocycles. The monoisotopic (exact) mass is 240 g/mol. The molecule has 1 fully saturated rings. The zero-order valence-corrected chi connectivity index (χ0v) is 11.5. The van der Waals surface area contributed by atoms with E-state index in [0.29, 0.717) is 24.3 Å². The summed E-state index contributed by atoms with van der Waals surface area (Å²) in [6.07, 6.45) is 4.98. The largest absolute Gasteiger partial charge is 0.353 e. The molecule has 1 unspecified atom stereocenters. The highest BCUT2D eigenvalue weighted by Gasteiger charge is 2.26. The number of hydrogen-bond donors (Lipinski definition) is 2. The SMILES string of the molecule is CC1CC(NC(=O)CCC(CCN)C(C)C)C1. The molecule has 0 aliphatic heterocycles. The van der Waals surface area contributed by atoms with Crippen molar-refractivity contribution in [1.29, 1.82) is 0 Å². The molecule has 3 N–H and O–H groups in total. The molecular formula is C14H28N2O. The minimum absolute atomic E-state index is 0.226. The van der Waals surface area contributed by atoms with Crippen LogP contribution in [0.2, 0.25) is 0 Å². The molecular weight excluding hydrogens is 212 g/mol. The number of nitrogens with two attached hydrogens (primary N) is 1. The highest BCUT2D eigenvalue weighted by molar-refractivity contribution is 5.76. The van der Waals surface area contributed by atoms with Crippen LogP contribution in [0.1, 0.15) is 52.9 Å². The predicted molar refractivity (Wildman–Crippen MR) is 71.6 cm³/mol. The van der Waals surface area contributed by atoms with Crippen LogP contribution < -0.4 is 11.1 Å². The molecule has 0 aromatic carbocycles. The van der Waals surface area contributed by atoms with Gasteiger partial charge in [0.05, 0.1) is 0 Å². The van der Waals surface area contributed by atoms with Gasteiger partial charge in [-0.25, -0.2) is 0 Å². The molecule has 3 heteroatoms. The summed E-state index contributed by atoms with van der Waals surface area (Å²) in [5.74, 6) is 2.23. The Balaban J connectivity index is 2.17. The van der Waals surface area contributed by atoms with Gasteiger partial charge < -0.3 is 11.1 Å². The normalized spacial score (nSPS) is 25.5. The number of nitrogens with one attached hydrogen (secondary N) is 1. The smallest absolute Gasteiger partial charge is 0.220 e. The van der Waals surface area contributed by atoms with Crippen LogP contribution in [0, 0.1) is 17.8 Å². The van der Waals surface area contributed by atoms with Crippen molar-refractivity contribution in [2.75, 3.05) is 6.54 Å². The molecule has 1 amide bonds. The molecule has 0 saturated heterocycles. The van der Waals surface area contributed by atoms with E-state index in [9.17, 15) is 4.79 Å². The van der Waals surface area contributed by atoms with Crippen molar-refractivity contribution in [2.24, 2.45) is 23.5 Å². The Morgan fingerprint density at radius 2 is 2.00 bits per heavy atom. The van der Waals surface area contributed by atoms with E-state index in [-0.39, 0.29) is 5.91 Å². The standard InChI is InChI=1S/C14H28N2O/c1-10(2)12(6-7-15)4-5-14(17)16-13-8-11(3)9-13/h10-13H,4-9,15H2,1-3H3,(H,16,17). The van der Waals surface area contributed by atoms with Crippen molar-refractivity contribution in [3.63, 3.8) is 0 Å². The summed E-state index contributed by atoms with van der Waals surface area (Å²) in [5, 5.41) is 3.11. The van der Waals surface area contributed by atoms with Crippen LogP contribution in [0.25, 0.3) is 0 Å². The van der Waals surface area contributed by atoms with Crippen molar-refractivity contribution in [3.05, 3.63) is 0 Å². The maximum atomic E-state index is 11.7. The Hall–Kier alpha value is -0.570. The lowest BCUT2D eigenvalue weighted by Gasteiger charge is -2.33. The topological polar surface area (TPSA) is 55.1 Å². The molecule has 3 nitrogen and oxygen atoms in total. The molecule has 0 heterocycles. The quantitative estimate of drug-likeness (QED) is 0.717. The highest BCUT2D eigenvalue weighted by Crippen LogP contribution is 2.26. The van der Waals surface area contributed by atoms with Crippen molar-refractivity contribution in [3.8, 4) is 0 Å². The molecule has 0 bridgehead atoms. The number of carbonyl (C=O) groups is 1. The van der Waals surface area contributed by atoms with Crippen molar-refractivity contribution in [2.45, 2.75) is 58.9 Å². The Kier molecular flexibility index (Phi) is 5.96. The van der Waals surface area contributed by atoms with Gasteiger partial charge in [-0.1, -0.05) is 20.8 Å². The lowest BCUT2D eigenvalue weighted by Crippen LogP contribution is -2.43. The van der Waals surface area contributed by atoms with E-state index in [0.717, 1.165) is 38.1 Å². The lowest BCUT2D eigenvalue weighted by molar-refractivity contribution is -0.123. The summed E-state index contributed by atoms with van der Waals surface area (Å²) in [6, 6.07) is 0.449. The van der Waals surface area contributed by atoms with Gasteiger partial charge in [-0.15, -0.1) is 0 Å². The second-order valence-corrected chi connectivity index (χ2v) is 5.96. The van der Waals surface area contributed by atoms with Crippen molar-refractivity contribution in [1.82, 2.24) is 5.32 Å². The van der Waals surface area contributed by atoms with E-state index >= 15 is 0 Å². The average molecular weight is 240 g/mol. The zero-order valence-electron chi connectivity index (χ0n) is 11.5. The molecule has 0 radical (unpaired) electrons. The van der Waals surface area contributed by atoms with Gasteiger partial charge in [0, 0.05) is 12.5 Å². The van der Waals surface area contributed by atoms with Gasteiger partial charge in [0.2, 0.25) is 5.91 Å². The van der Waals surface area contributed by atoms with E-state index in [1.807, 2.05) is 0 Å². The molecule has 1 rings (SSSR count). The second-order valence-electron chi connectivity index (χ2n) is 5.96. The number of rotatable bonds is 7. The summed E-state index contributed by atoms with van der Waals surface area (Å²) >= 11 is 0. The van der Waals surface area contributed by atoms with Crippen LogP contribution in [0.4, 0.5) is 0 Å².